The first-order chi connectivity index (χ1) is 16.6. The summed E-state index contributed by atoms with van der Waals surface area (Å²) in [6.45, 7) is 5.26. The van der Waals surface area contributed by atoms with E-state index in [0.29, 0.717) is 40.8 Å². The maximum Gasteiger partial charge on any atom is 0.274 e. The zero-order valence-electron chi connectivity index (χ0n) is 19.0. The van der Waals surface area contributed by atoms with Gasteiger partial charge in [-0.3, -0.25) is 4.79 Å². The molecule has 7 heteroatoms. The number of nitrogens with zero attached hydrogens (tertiary/aromatic N) is 2. The Balaban J connectivity index is 1.36. The summed E-state index contributed by atoms with van der Waals surface area (Å²) >= 11 is 1.38. The highest BCUT2D eigenvalue weighted by Gasteiger charge is 2.11. The first kappa shape index (κ1) is 22.0. The van der Waals surface area contributed by atoms with Gasteiger partial charge >= 0.3 is 0 Å². The summed E-state index contributed by atoms with van der Waals surface area (Å²) in [6, 6.07) is 21.2. The maximum absolute atomic E-state index is 13.0. The van der Waals surface area contributed by atoms with Crippen molar-refractivity contribution in [2.75, 3.05) is 19.8 Å². The lowest BCUT2D eigenvalue weighted by atomic mass is 10.2. The van der Waals surface area contributed by atoms with Crippen LogP contribution in [0.5, 0.6) is 17.2 Å². The number of aryl methyl sites for hydroxylation is 1. The van der Waals surface area contributed by atoms with Crippen molar-refractivity contribution in [1.29, 1.82) is 0 Å². The number of para-hydroxylation sites is 3. The molecular weight excluding hydrogens is 448 g/mol. The van der Waals surface area contributed by atoms with Crippen LogP contribution in [0, 0.1) is 6.92 Å². The van der Waals surface area contributed by atoms with Crippen LogP contribution in [0.3, 0.4) is 0 Å². The molecule has 0 aliphatic carbocycles. The normalized spacial score (nSPS) is 11.9. The van der Waals surface area contributed by atoms with Gasteiger partial charge in [0.2, 0.25) is 0 Å². The van der Waals surface area contributed by atoms with Crippen LogP contribution in [0.15, 0.2) is 71.5 Å². The van der Waals surface area contributed by atoms with Gasteiger partial charge in [-0.15, -0.1) is 0 Å². The summed E-state index contributed by atoms with van der Waals surface area (Å²) in [4.78, 5) is 18.3. The van der Waals surface area contributed by atoms with Gasteiger partial charge in [0.05, 0.1) is 22.2 Å². The summed E-state index contributed by atoms with van der Waals surface area (Å²) in [5, 5.41) is 0. The average Bonchev–Trinajstić information content (AvgIpc) is 3.35. The predicted octanol–water partition coefficient (Wildman–Crippen LogP) is 4.62. The molecule has 0 aliphatic rings. The summed E-state index contributed by atoms with van der Waals surface area (Å²) < 4.78 is 19.8. The number of fused-ring (bicyclic) bond motifs is 3. The van der Waals surface area contributed by atoms with Crippen molar-refractivity contribution in [2.45, 2.75) is 13.8 Å². The lowest BCUT2D eigenvalue weighted by Crippen LogP contribution is -2.22. The quantitative estimate of drug-likeness (QED) is 0.308. The molecule has 0 spiro atoms. The van der Waals surface area contributed by atoms with E-state index in [1.54, 1.807) is 4.40 Å². The molecular formula is C27H24N2O4S. The molecule has 0 saturated carbocycles. The Morgan fingerprint density at radius 2 is 1.68 bits per heavy atom. The average molecular weight is 473 g/mol. The number of thiazole rings is 1. The van der Waals surface area contributed by atoms with Crippen LogP contribution in [0.4, 0.5) is 0 Å². The second-order valence-corrected chi connectivity index (χ2v) is 8.75. The number of benzene rings is 3. The van der Waals surface area contributed by atoms with Gasteiger partial charge in [-0.2, -0.15) is 0 Å². The molecule has 0 bridgehead atoms. The minimum absolute atomic E-state index is 0.0691. The lowest BCUT2D eigenvalue weighted by molar-refractivity contribution is 0.207. The highest BCUT2D eigenvalue weighted by Crippen LogP contribution is 2.29. The number of aromatic nitrogens is 2. The van der Waals surface area contributed by atoms with E-state index >= 15 is 0 Å². The molecule has 0 saturated heterocycles. The van der Waals surface area contributed by atoms with E-state index in [9.17, 15) is 4.79 Å². The largest absolute Gasteiger partial charge is 0.490 e. The van der Waals surface area contributed by atoms with Crippen LogP contribution in [-0.2, 0) is 0 Å². The topological polar surface area (TPSA) is 62.1 Å². The Kier molecular flexibility index (Phi) is 6.18. The predicted molar refractivity (Wildman–Crippen MR) is 135 cm³/mol. The lowest BCUT2D eigenvalue weighted by Gasteiger charge is -2.13. The van der Waals surface area contributed by atoms with Crippen LogP contribution >= 0.6 is 11.3 Å². The third-order valence-corrected chi connectivity index (χ3v) is 6.37. The van der Waals surface area contributed by atoms with E-state index < -0.39 is 0 Å². The van der Waals surface area contributed by atoms with Crippen LogP contribution in [-0.4, -0.2) is 29.2 Å². The Morgan fingerprint density at radius 1 is 0.912 bits per heavy atom. The summed E-state index contributed by atoms with van der Waals surface area (Å²) in [5.41, 5.74) is 3.52. The van der Waals surface area contributed by atoms with E-state index in [1.807, 2.05) is 86.7 Å². The second kappa shape index (κ2) is 9.57. The van der Waals surface area contributed by atoms with Crippen molar-refractivity contribution < 1.29 is 14.2 Å². The Morgan fingerprint density at radius 3 is 2.50 bits per heavy atom. The van der Waals surface area contributed by atoms with Crippen molar-refractivity contribution in [3.8, 4) is 17.2 Å². The van der Waals surface area contributed by atoms with Crippen LogP contribution in [0.25, 0.3) is 22.1 Å². The molecule has 0 aliphatic heterocycles. The molecule has 0 atom stereocenters. The first-order valence-corrected chi connectivity index (χ1v) is 12.0. The molecule has 34 heavy (non-hydrogen) atoms. The highest BCUT2D eigenvalue weighted by molar-refractivity contribution is 7.15. The van der Waals surface area contributed by atoms with Gasteiger partial charge in [0.1, 0.15) is 19.0 Å². The molecule has 5 rings (SSSR count). The van der Waals surface area contributed by atoms with E-state index in [4.69, 9.17) is 14.2 Å². The van der Waals surface area contributed by atoms with E-state index in [2.05, 4.69) is 4.98 Å². The fourth-order valence-electron chi connectivity index (χ4n) is 3.79. The summed E-state index contributed by atoms with van der Waals surface area (Å²) in [5.74, 6) is 2.12. The molecule has 3 aromatic carbocycles. The molecule has 0 fully saturated rings. The number of ether oxygens (including phenoxy) is 3. The maximum atomic E-state index is 13.0. The van der Waals surface area contributed by atoms with Crippen molar-refractivity contribution >= 4 is 33.4 Å². The SMILES string of the molecule is CCOc1cc(/C=c2/sc3nc4ccccc4n3c2=O)ccc1OCCOc1ccccc1C. The molecule has 0 radical (unpaired) electrons. The number of hydrogen-bond donors (Lipinski definition) is 0. The number of hydrogen-bond acceptors (Lipinski definition) is 6. The van der Waals surface area contributed by atoms with Gasteiger partial charge in [-0.1, -0.05) is 47.7 Å². The number of imidazole rings is 1. The fourth-order valence-corrected chi connectivity index (χ4v) is 4.77. The van der Waals surface area contributed by atoms with Gasteiger partial charge in [-0.05, 0) is 61.4 Å². The zero-order chi connectivity index (χ0) is 23.5. The Labute approximate surface area is 200 Å². The summed E-state index contributed by atoms with van der Waals surface area (Å²) in [7, 11) is 0. The fraction of sp³-hybridized carbons (Fsp3) is 0.185. The molecule has 2 heterocycles. The third-order valence-electron chi connectivity index (χ3n) is 5.40. The third kappa shape index (κ3) is 4.34. The Hall–Kier alpha value is -3.84. The molecule has 2 aromatic heterocycles. The van der Waals surface area contributed by atoms with Crippen molar-refractivity contribution in [2.24, 2.45) is 0 Å². The molecule has 5 aromatic rings. The van der Waals surface area contributed by atoms with Gasteiger partial charge in [0.15, 0.2) is 16.5 Å². The first-order valence-electron chi connectivity index (χ1n) is 11.1. The van der Waals surface area contributed by atoms with E-state index in [0.717, 1.165) is 27.9 Å². The van der Waals surface area contributed by atoms with Gasteiger partial charge < -0.3 is 14.2 Å². The smallest absolute Gasteiger partial charge is 0.274 e. The molecule has 172 valence electrons. The molecule has 0 N–H and O–H groups in total. The van der Waals surface area contributed by atoms with Crippen LogP contribution in [0.1, 0.15) is 18.1 Å². The minimum Gasteiger partial charge on any atom is -0.490 e. The monoisotopic (exact) mass is 472 g/mol. The molecule has 0 unspecified atom stereocenters. The van der Waals surface area contributed by atoms with Gasteiger partial charge in [-0.25, -0.2) is 9.38 Å². The van der Waals surface area contributed by atoms with E-state index in [-0.39, 0.29) is 5.56 Å². The molecule has 0 amide bonds. The standard InChI is InChI=1S/C27H24N2O4S/c1-3-31-24-16-19(12-13-23(24)33-15-14-32-22-11-7-4-8-18(22)2)17-25-26(30)29-21-10-6-5-9-20(21)28-27(29)34-25/h4-13,16-17H,3,14-15H2,1-2H3/b25-17+. The van der Waals surface area contributed by atoms with Crippen molar-refractivity contribution in [3.63, 3.8) is 0 Å². The van der Waals surface area contributed by atoms with Crippen molar-refractivity contribution in [3.05, 3.63) is 92.7 Å². The minimum atomic E-state index is -0.0691. The number of rotatable bonds is 8. The Bertz CT molecular complexity index is 1570. The highest BCUT2D eigenvalue weighted by atomic mass is 32.1. The van der Waals surface area contributed by atoms with E-state index in [1.165, 1.54) is 11.3 Å². The zero-order valence-corrected chi connectivity index (χ0v) is 19.8. The van der Waals surface area contributed by atoms with Crippen LogP contribution < -0.4 is 24.3 Å². The van der Waals surface area contributed by atoms with Gasteiger partial charge in [0, 0.05) is 0 Å². The van der Waals surface area contributed by atoms with Gasteiger partial charge in [0.25, 0.3) is 5.56 Å². The van der Waals surface area contributed by atoms with Crippen molar-refractivity contribution in [1.82, 2.24) is 9.38 Å². The molecule has 6 nitrogen and oxygen atoms in total. The summed E-state index contributed by atoms with van der Waals surface area (Å²) in [6.07, 6.45) is 1.87. The second-order valence-electron chi connectivity index (χ2n) is 7.74. The van der Waals surface area contributed by atoms with Crippen LogP contribution in [0.2, 0.25) is 0 Å².